The number of ether oxygens (including phenoxy) is 3. The fourth-order valence-electron chi connectivity index (χ4n) is 3.83. The number of carbonyl (C=O) groups excluding carboxylic acids is 1. The number of unbranched alkanes of at least 4 members (excludes halogenated alkanes) is 11. The first-order valence-corrected chi connectivity index (χ1v) is 12.7. The Balaban J connectivity index is 2.01. The lowest BCUT2D eigenvalue weighted by molar-refractivity contribution is -0.305. The molecule has 0 radical (unpaired) electrons. The minimum Gasteiger partial charge on any atom is -0.463 e. The first kappa shape index (κ1) is 30.2. The Morgan fingerprint density at radius 1 is 0.818 bits per heavy atom. The average molecular weight is 479 g/mol. The van der Waals surface area contributed by atoms with Crippen LogP contribution >= 0.6 is 0 Å². The molecule has 0 aliphatic carbocycles. The van der Waals surface area contributed by atoms with Gasteiger partial charge in [-0.25, -0.2) is 0 Å². The predicted octanol–water partition coefficient (Wildman–Crippen LogP) is 1.80. The largest absolute Gasteiger partial charge is 0.463 e. The van der Waals surface area contributed by atoms with Gasteiger partial charge < -0.3 is 39.7 Å². The van der Waals surface area contributed by atoms with E-state index in [1.165, 1.54) is 57.8 Å². The summed E-state index contributed by atoms with van der Waals surface area (Å²) < 4.78 is 15.5. The Hall–Kier alpha value is -0.810. The first-order chi connectivity index (χ1) is 15.9. The number of carbonyl (C=O) groups is 1. The topological polar surface area (TPSA) is 146 Å². The van der Waals surface area contributed by atoms with E-state index >= 15 is 0 Å². The van der Waals surface area contributed by atoms with Crippen molar-refractivity contribution in [3.05, 3.63) is 0 Å². The fourth-order valence-corrected chi connectivity index (χ4v) is 3.83. The lowest BCUT2D eigenvalue weighted by Gasteiger charge is -2.39. The van der Waals surface area contributed by atoms with Gasteiger partial charge in [0.05, 0.1) is 13.2 Å². The van der Waals surface area contributed by atoms with E-state index in [-0.39, 0.29) is 19.2 Å². The molecule has 0 aromatic rings. The van der Waals surface area contributed by atoms with E-state index < -0.39 is 43.4 Å². The second-order valence-electron chi connectivity index (χ2n) is 9.01. The van der Waals surface area contributed by atoms with E-state index in [4.69, 9.17) is 19.3 Å². The Morgan fingerprint density at radius 2 is 1.36 bits per heavy atom. The van der Waals surface area contributed by atoms with Crippen LogP contribution in [0, 0.1) is 0 Å². The van der Waals surface area contributed by atoms with Crippen molar-refractivity contribution in [1.29, 1.82) is 0 Å². The van der Waals surface area contributed by atoms with Crippen LogP contribution in [0.25, 0.3) is 0 Å². The summed E-state index contributed by atoms with van der Waals surface area (Å²) in [5.74, 6) is -0.381. The molecule has 1 aliphatic rings. The monoisotopic (exact) mass is 478 g/mol. The maximum atomic E-state index is 11.8. The van der Waals surface area contributed by atoms with Crippen molar-refractivity contribution in [3.8, 4) is 0 Å². The van der Waals surface area contributed by atoms with Crippen LogP contribution in [0.5, 0.6) is 0 Å². The van der Waals surface area contributed by atoms with E-state index in [0.29, 0.717) is 6.42 Å². The van der Waals surface area contributed by atoms with Crippen molar-refractivity contribution in [3.63, 3.8) is 0 Å². The Kier molecular flexibility index (Phi) is 17.0. The number of hydrogen-bond acceptors (Lipinski definition) is 9. The summed E-state index contributed by atoms with van der Waals surface area (Å²) in [5, 5.41) is 48.4. The Bertz CT molecular complexity index is 489. The minimum absolute atomic E-state index is 0.255. The molecule has 9 nitrogen and oxygen atoms in total. The zero-order chi connectivity index (χ0) is 24.5. The molecule has 0 amide bonds. The van der Waals surface area contributed by atoms with Crippen LogP contribution in [-0.2, 0) is 19.0 Å². The van der Waals surface area contributed by atoms with Gasteiger partial charge in [0.2, 0.25) is 0 Å². The SMILES string of the molecule is CCCCCCCCCCCCCCC(=O)OCC(O)COC1OC(CO)C(O)C(O)C1O. The normalized spacial score (nSPS) is 26.3. The molecule has 6 atom stereocenters. The first-order valence-electron chi connectivity index (χ1n) is 12.7. The van der Waals surface area contributed by atoms with Crippen molar-refractivity contribution >= 4 is 5.97 Å². The second kappa shape index (κ2) is 18.5. The van der Waals surface area contributed by atoms with Gasteiger partial charge >= 0.3 is 5.97 Å². The summed E-state index contributed by atoms with van der Waals surface area (Å²) in [6, 6.07) is 0. The second-order valence-corrected chi connectivity index (χ2v) is 9.01. The summed E-state index contributed by atoms with van der Waals surface area (Å²) in [7, 11) is 0. The third kappa shape index (κ3) is 13.0. The molecule has 1 rings (SSSR count). The van der Waals surface area contributed by atoms with Crippen molar-refractivity contribution < 1.29 is 44.5 Å². The molecule has 0 bridgehead atoms. The smallest absolute Gasteiger partial charge is 0.305 e. The third-order valence-electron chi connectivity index (χ3n) is 5.97. The van der Waals surface area contributed by atoms with Gasteiger partial charge in [-0.2, -0.15) is 0 Å². The summed E-state index contributed by atoms with van der Waals surface area (Å²) in [6.07, 6.45) is 6.76. The lowest BCUT2D eigenvalue weighted by atomic mass is 9.99. The zero-order valence-electron chi connectivity index (χ0n) is 20.1. The van der Waals surface area contributed by atoms with E-state index in [2.05, 4.69) is 6.92 Å². The van der Waals surface area contributed by atoms with Gasteiger partial charge in [-0.05, 0) is 6.42 Å². The average Bonchev–Trinajstić information content (AvgIpc) is 2.81. The quantitative estimate of drug-likeness (QED) is 0.138. The molecule has 196 valence electrons. The molecule has 33 heavy (non-hydrogen) atoms. The van der Waals surface area contributed by atoms with Gasteiger partial charge in [0.15, 0.2) is 6.29 Å². The lowest BCUT2D eigenvalue weighted by Crippen LogP contribution is -2.59. The van der Waals surface area contributed by atoms with E-state index in [0.717, 1.165) is 19.3 Å². The molecule has 1 fully saturated rings. The van der Waals surface area contributed by atoms with Gasteiger partial charge in [-0.3, -0.25) is 4.79 Å². The highest BCUT2D eigenvalue weighted by Gasteiger charge is 2.44. The highest BCUT2D eigenvalue weighted by atomic mass is 16.7. The summed E-state index contributed by atoms with van der Waals surface area (Å²) in [6.45, 7) is 1.10. The van der Waals surface area contributed by atoms with Crippen LogP contribution in [0.3, 0.4) is 0 Å². The van der Waals surface area contributed by atoms with Gasteiger partial charge in [0.1, 0.15) is 37.1 Å². The Morgan fingerprint density at radius 3 is 1.91 bits per heavy atom. The predicted molar refractivity (Wildman–Crippen MR) is 122 cm³/mol. The summed E-state index contributed by atoms with van der Waals surface area (Å²) in [4.78, 5) is 11.8. The standard InChI is InChI=1S/C24H46O9/c1-2-3-4-5-6-7-8-9-10-11-12-13-14-20(27)31-16-18(26)17-32-24-23(30)22(29)21(28)19(15-25)33-24/h18-19,21-26,28-30H,2-17H2,1H3. The van der Waals surface area contributed by atoms with Crippen LogP contribution in [0.2, 0.25) is 0 Å². The number of hydrogen-bond donors (Lipinski definition) is 5. The highest BCUT2D eigenvalue weighted by Crippen LogP contribution is 2.22. The molecule has 0 saturated carbocycles. The molecule has 6 unspecified atom stereocenters. The molecule has 0 aromatic carbocycles. The number of aliphatic hydroxyl groups excluding tert-OH is 5. The van der Waals surface area contributed by atoms with E-state index in [1.54, 1.807) is 0 Å². The van der Waals surface area contributed by atoms with Gasteiger partial charge in [0, 0.05) is 6.42 Å². The Labute approximate surface area is 198 Å². The van der Waals surface area contributed by atoms with Crippen LogP contribution in [0.1, 0.15) is 90.4 Å². The summed E-state index contributed by atoms with van der Waals surface area (Å²) in [5.41, 5.74) is 0. The highest BCUT2D eigenvalue weighted by molar-refractivity contribution is 5.69. The zero-order valence-corrected chi connectivity index (χ0v) is 20.1. The van der Waals surface area contributed by atoms with E-state index in [1.807, 2.05) is 0 Å². The van der Waals surface area contributed by atoms with Crippen LogP contribution in [-0.4, -0.2) is 88.1 Å². The molecule has 9 heteroatoms. The molecule has 5 N–H and O–H groups in total. The van der Waals surface area contributed by atoms with Gasteiger partial charge in [0.25, 0.3) is 0 Å². The number of esters is 1. The fraction of sp³-hybridized carbons (Fsp3) is 0.958. The molecule has 1 aliphatic heterocycles. The van der Waals surface area contributed by atoms with Gasteiger partial charge in [-0.1, -0.05) is 77.6 Å². The van der Waals surface area contributed by atoms with E-state index in [9.17, 15) is 25.2 Å². The third-order valence-corrected chi connectivity index (χ3v) is 5.97. The maximum absolute atomic E-state index is 11.8. The summed E-state index contributed by atoms with van der Waals surface area (Å²) >= 11 is 0. The minimum atomic E-state index is -1.55. The number of aliphatic hydroxyl groups is 5. The molecular weight excluding hydrogens is 432 g/mol. The van der Waals surface area contributed by atoms with Crippen LogP contribution in [0.4, 0.5) is 0 Å². The molecule has 0 aromatic heterocycles. The number of rotatable bonds is 19. The molecule has 1 saturated heterocycles. The van der Waals surface area contributed by atoms with Crippen LogP contribution in [0.15, 0.2) is 0 Å². The van der Waals surface area contributed by atoms with Crippen molar-refractivity contribution in [2.45, 2.75) is 127 Å². The molecule has 1 heterocycles. The molecular formula is C24H46O9. The maximum Gasteiger partial charge on any atom is 0.305 e. The van der Waals surface area contributed by atoms with Crippen LogP contribution < -0.4 is 0 Å². The van der Waals surface area contributed by atoms with Crippen molar-refractivity contribution in [1.82, 2.24) is 0 Å². The van der Waals surface area contributed by atoms with Gasteiger partial charge in [-0.15, -0.1) is 0 Å². The molecule has 0 spiro atoms. The van der Waals surface area contributed by atoms with Crippen molar-refractivity contribution in [2.24, 2.45) is 0 Å². The van der Waals surface area contributed by atoms with Crippen molar-refractivity contribution in [2.75, 3.05) is 19.8 Å².